The Hall–Kier alpha value is -1.30. The van der Waals surface area contributed by atoms with Crippen LogP contribution in [-0.2, 0) is 6.54 Å². The normalized spacial score (nSPS) is 15.3. The molecule has 6 heteroatoms. The summed E-state index contributed by atoms with van der Waals surface area (Å²) in [6, 6.07) is 2.27. The maximum atomic E-state index is 12.8. The van der Waals surface area contributed by atoms with Crippen molar-refractivity contribution in [2.45, 2.75) is 51.9 Å². The van der Waals surface area contributed by atoms with Gasteiger partial charge in [0.05, 0.1) is 0 Å². The Morgan fingerprint density at radius 1 is 1.38 bits per heavy atom. The lowest BCUT2D eigenvalue weighted by Gasteiger charge is -2.28. The fourth-order valence-electron chi connectivity index (χ4n) is 2.32. The number of nitrogens with zero attached hydrogens (tertiary/aromatic N) is 2. The molecule has 0 atom stereocenters. The van der Waals surface area contributed by atoms with E-state index in [0.29, 0.717) is 31.2 Å². The molecule has 21 heavy (non-hydrogen) atoms. The number of aryl methyl sites for hydroxylation is 1. The smallest absolute Gasteiger partial charge is 0.362 e. The summed E-state index contributed by atoms with van der Waals surface area (Å²) in [5.41, 5.74) is 2.23. The first-order valence-corrected chi connectivity index (χ1v) is 7.39. The lowest BCUT2D eigenvalue weighted by atomic mass is 10.1. The van der Waals surface area contributed by atoms with E-state index in [4.69, 9.17) is 0 Å². The van der Waals surface area contributed by atoms with Gasteiger partial charge < -0.3 is 10.2 Å². The van der Waals surface area contributed by atoms with Crippen molar-refractivity contribution in [3.63, 3.8) is 0 Å². The Morgan fingerprint density at radius 2 is 2.10 bits per heavy atom. The summed E-state index contributed by atoms with van der Waals surface area (Å²) in [6.07, 6.45) is 0.464. The standard InChI is InChI=1S/C15H22F3N3/c1-3-6-21(10-15(16,17)18)14-7-11(2)19-8-12(14)9-20-13-4-5-13/h7-8,13,20H,3-6,9-10H2,1-2H3. The van der Waals surface area contributed by atoms with Crippen molar-refractivity contribution in [2.24, 2.45) is 0 Å². The molecule has 0 saturated heterocycles. The highest BCUT2D eigenvalue weighted by atomic mass is 19.4. The largest absolute Gasteiger partial charge is 0.405 e. The molecule has 1 aliphatic carbocycles. The SMILES string of the molecule is CCCN(CC(F)(F)F)c1cc(C)ncc1CNC1CC1. The third-order valence-corrected chi connectivity index (χ3v) is 3.46. The third kappa shape index (κ3) is 5.19. The van der Waals surface area contributed by atoms with E-state index >= 15 is 0 Å². The lowest BCUT2D eigenvalue weighted by molar-refractivity contribution is -0.119. The average molecular weight is 301 g/mol. The van der Waals surface area contributed by atoms with Gasteiger partial charge >= 0.3 is 6.18 Å². The summed E-state index contributed by atoms with van der Waals surface area (Å²) in [4.78, 5) is 5.64. The second-order valence-corrected chi connectivity index (χ2v) is 5.65. The molecular formula is C15H22F3N3. The van der Waals surface area contributed by atoms with Gasteiger partial charge in [-0.3, -0.25) is 4.98 Å². The first-order chi connectivity index (χ1) is 9.89. The van der Waals surface area contributed by atoms with E-state index in [0.717, 1.165) is 24.1 Å². The van der Waals surface area contributed by atoms with E-state index in [1.165, 1.54) is 4.90 Å². The highest BCUT2D eigenvalue weighted by Crippen LogP contribution is 2.27. The molecule has 1 aliphatic rings. The van der Waals surface area contributed by atoms with Gasteiger partial charge in [-0.2, -0.15) is 13.2 Å². The van der Waals surface area contributed by atoms with Gasteiger partial charge in [-0.25, -0.2) is 0 Å². The van der Waals surface area contributed by atoms with Gasteiger partial charge in [0, 0.05) is 42.3 Å². The lowest BCUT2D eigenvalue weighted by Crippen LogP contribution is -2.36. The van der Waals surface area contributed by atoms with Gasteiger partial charge in [0.2, 0.25) is 0 Å². The molecule has 2 rings (SSSR count). The van der Waals surface area contributed by atoms with Crippen LogP contribution in [0.3, 0.4) is 0 Å². The molecule has 1 aromatic rings. The number of hydrogen-bond acceptors (Lipinski definition) is 3. The fourth-order valence-corrected chi connectivity index (χ4v) is 2.32. The zero-order valence-electron chi connectivity index (χ0n) is 12.5. The van der Waals surface area contributed by atoms with E-state index < -0.39 is 12.7 Å². The maximum Gasteiger partial charge on any atom is 0.405 e. The first-order valence-electron chi connectivity index (χ1n) is 7.39. The summed E-state index contributed by atoms with van der Waals surface area (Å²) in [6.45, 7) is 3.74. The molecule has 1 heterocycles. The van der Waals surface area contributed by atoms with Crippen LogP contribution in [0.25, 0.3) is 0 Å². The van der Waals surface area contributed by atoms with Crippen molar-refractivity contribution in [2.75, 3.05) is 18.0 Å². The van der Waals surface area contributed by atoms with Gasteiger partial charge in [-0.1, -0.05) is 6.92 Å². The van der Waals surface area contributed by atoms with Crippen molar-refractivity contribution < 1.29 is 13.2 Å². The predicted octanol–water partition coefficient (Wildman–Crippen LogP) is 3.42. The van der Waals surface area contributed by atoms with Crippen LogP contribution in [0.5, 0.6) is 0 Å². The van der Waals surface area contributed by atoms with Crippen molar-refractivity contribution in [3.05, 3.63) is 23.5 Å². The second kappa shape index (κ2) is 6.64. The zero-order valence-corrected chi connectivity index (χ0v) is 12.5. The van der Waals surface area contributed by atoms with E-state index in [2.05, 4.69) is 10.3 Å². The van der Waals surface area contributed by atoms with Crippen LogP contribution in [0.15, 0.2) is 12.3 Å². The number of nitrogens with one attached hydrogen (secondary N) is 1. The van der Waals surface area contributed by atoms with Gasteiger partial charge in [0.25, 0.3) is 0 Å². The van der Waals surface area contributed by atoms with E-state index in [-0.39, 0.29) is 0 Å². The summed E-state index contributed by atoms with van der Waals surface area (Å²) >= 11 is 0. The van der Waals surface area contributed by atoms with Gasteiger partial charge in [-0.15, -0.1) is 0 Å². The van der Waals surface area contributed by atoms with Crippen molar-refractivity contribution in [1.29, 1.82) is 0 Å². The number of halogens is 3. The van der Waals surface area contributed by atoms with E-state index in [1.54, 1.807) is 19.2 Å². The summed E-state index contributed by atoms with van der Waals surface area (Å²) in [5.74, 6) is 0. The molecule has 3 nitrogen and oxygen atoms in total. The minimum absolute atomic E-state index is 0.388. The van der Waals surface area contributed by atoms with Crippen molar-refractivity contribution >= 4 is 5.69 Å². The van der Waals surface area contributed by atoms with Gasteiger partial charge in [0.1, 0.15) is 6.54 Å². The van der Waals surface area contributed by atoms with Crippen molar-refractivity contribution in [1.82, 2.24) is 10.3 Å². The molecule has 0 spiro atoms. The second-order valence-electron chi connectivity index (χ2n) is 5.65. The van der Waals surface area contributed by atoms with Crippen LogP contribution in [-0.4, -0.2) is 30.3 Å². The van der Waals surface area contributed by atoms with Gasteiger partial charge in [-0.05, 0) is 32.3 Å². The minimum Gasteiger partial charge on any atom is -0.362 e. The summed E-state index contributed by atoms with van der Waals surface area (Å²) in [7, 11) is 0. The zero-order chi connectivity index (χ0) is 15.5. The van der Waals surface area contributed by atoms with E-state index in [1.807, 2.05) is 6.92 Å². The highest BCUT2D eigenvalue weighted by molar-refractivity contribution is 5.54. The van der Waals surface area contributed by atoms with E-state index in [9.17, 15) is 13.2 Å². The fraction of sp³-hybridized carbons (Fsp3) is 0.667. The van der Waals surface area contributed by atoms with Crippen LogP contribution in [0.2, 0.25) is 0 Å². The summed E-state index contributed by atoms with van der Waals surface area (Å²) < 4.78 is 38.4. The molecule has 0 radical (unpaired) electrons. The van der Waals surface area contributed by atoms with Crippen LogP contribution < -0.4 is 10.2 Å². The maximum absolute atomic E-state index is 12.8. The molecule has 0 bridgehead atoms. The van der Waals surface area contributed by atoms with Crippen LogP contribution in [0, 0.1) is 6.92 Å². The number of pyridine rings is 1. The number of alkyl halides is 3. The highest BCUT2D eigenvalue weighted by Gasteiger charge is 2.31. The Labute approximate surface area is 123 Å². The van der Waals surface area contributed by atoms with Crippen LogP contribution in [0.4, 0.5) is 18.9 Å². The molecular weight excluding hydrogens is 279 g/mol. The third-order valence-electron chi connectivity index (χ3n) is 3.46. The Bertz CT molecular complexity index is 470. The molecule has 0 aromatic carbocycles. The topological polar surface area (TPSA) is 28.2 Å². The molecule has 1 aromatic heterocycles. The Morgan fingerprint density at radius 3 is 2.67 bits per heavy atom. The quantitative estimate of drug-likeness (QED) is 0.836. The predicted molar refractivity (Wildman–Crippen MR) is 77.4 cm³/mol. The Balaban J connectivity index is 2.20. The number of anilines is 1. The molecule has 0 amide bonds. The van der Waals surface area contributed by atoms with Gasteiger partial charge in [0.15, 0.2) is 0 Å². The minimum atomic E-state index is -4.20. The molecule has 1 saturated carbocycles. The summed E-state index contributed by atoms with van der Waals surface area (Å²) in [5, 5.41) is 3.34. The number of rotatable bonds is 7. The molecule has 1 fully saturated rings. The van der Waals surface area contributed by atoms with Crippen molar-refractivity contribution in [3.8, 4) is 0 Å². The Kier molecular flexibility index (Phi) is 5.08. The number of hydrogen-bond donors (Lipinski definition) is 1. The number of aromatic nitrogens is 1. The first kappa shape index (κ1) is 16.1. The molecule has 0 unspecified atom stereocenters. The molecule has 0 aliphatic heterocycles. The van der Waals surface area contributed by atoms with Crippen LogP contribution >= 0.6 is 0 Å². The molecule has 1 N–H and O–H groups in total. The monoisotopic (exact) mass is 301 g/mol. The van der Waals surface area contributed by atoms with Crippen LogP contribution in [0.1, 0.15) is 37.4 Å². The molecule has 118 valence electrons. The average Bonchev–Trinajstić information content (AvgIpc) is 3.19.